The molecule has 0 saturated carbocycles. The number of carboxylic acid groups (broad SMARTS) is 1. The van der Waals surface area contributed by atoms with Crippen molar-refractivity contribution in [3.63, 3.8) is 0 Å². The van der Waals surface area contributed by atoms with Crippen molar-refractivity contribution in [3.05, 3.63) is 17.5 Å². The second-order valence-corrected chi connectivity index (χ2v) is 11.7. The molecule has 0 bridgehead atoms. The van der Waals surface area contributed by atoms with Crippen molar-refractivity contribution >= 4 is 19.8 Å². The number of nitrogens with zero attached hydrogens (tertiary/aromatic N) is 2. The summed E-state index contributed by atoms with van der Waals surface area (Å²) in [5, 5.41) is 12.9. The van der Waals surface area contributed by atoms with Crippen molar-refractivity contribution in [2.24, 2.45) is 0 Å². The number of aromatic nitrogens is 2. The van der Waals surface area contributed by atoms with E-state index in [1.807, 2.05) is 0 Å². The molecule has 0 spiro atoms. The van der Waals surface area contributed by atoms with E-state index in [4.69, 9.17) is 9.84 Å². The molecule has 0 aliphatic carbocycles. The normalized spacial score (nSPS) is 11.6. The summed E-state index contributed by atoms with van der Waals surface area (Å²) in [6, 6.07) is 2.45. The lowest BCUT2D eigenvalue weighted by Crippen LogP contribution is -2.22. The predicted octanol–water partition coefficient (Wildman–Crippen LogP) is 2.03. The van der Waals surface area contributed by atoms with Gasteiger partial charge in [0, 0.05) is 26.8 Å². The van der Waals surface area contributed by atoms with Gasteiger partial charge < -0.3 is 9.84 Å². The van der Waals surface area contributed by atoms with Gasteiger partial charge in [0.15, 0.2) is 5.69 Å². The molecule has 0 atom stereocenters. The number of carboxylic acids is 1. The van der Waals surface area contributed by atoms with Gasteiger partial charge in [0.1, 0.15) is 12.5 Å². The topological polar surface area (TPSA) is 81.4 Å². The highest BCUT2D eigenvalue weighted by atomic mass is 28.3. The van der Waals surface area contributed by atoms with Crippen LogP contribution in [0.2, 0.25) is 25.7 Å². The molecule has 1 aromatic heterocycles. The standard InChI is InChI=1S/C13H22N2O4Si/c1-10(16)7-11-8-12(13(17)18)14-15(11)9-19-5-6-20(2,3)4/h8H,5-7,9H2,1-4H3,(H,17,18). The lowest BCUT2D eigenvalue weighted by molar-refractivity contribution is -0.116. The highest BCUT2D eigenvalue weighted by Crippen LogP contribution is 2.10. The number of ketones is 1. The van der Waals surface area contributed by atoms with Crippen LogP contribution in [0.1, 0.15) is 23.1 Å². The first-order valence-corrected chi connectivity index (χ1v) is 10.3. The molecule has 20 heavy (non-hydrogen) atoms. The van der Waals surface area contributed by atoms with Gasteiger partial charge >= 0.3 is 5.97 Å². The van der Waals surface area contributed by atoms with E-state index < -0.39 is 14.0 Å². The Balaban J connectivity index is 2.67. The quantitative estimate of drug-likeness (QED) is 0.586. The van der Waals surface area contributed by atoms with Gasteiger partial charge in [-0.1, -0.05) is 19.6 Å². The molecule has 0 radical (unpaired) electrons. The molecule has 0 saturated heterocycles. The van der Waals surface area contributed by atoms with Gasteiger partial charge in [-0.25, -0.2) is 9.48 Å². The Morgan fingerprint density at radius 2 is 2.05 bits per heavy atom. The fourth-order valence-corrected chi connectivity index (χ4v) is 2.36. The molecule has 0 fully saturated rings. The zero-order valence-corrected chi connectivity index (χ0v) is 13.5. The van der Waals surface area contributed by atoms with E-state index in [2.05, 4.69) is 24.7 Å². The van der Waals surface area contributed by atoms with Crippen LogP contribution in [0.5, 0.6) is 0 Å². The molecule has 7 heteroatoms. The van der Waals surface area contributed by atoms with Crippen molar-refractivity contribution in [1.82, 2.24) is 9.78 Å². The van der Waals surface area contributed by atoms with Crippen LogP contribution in [0, 0.1) is 0 Å². The Morgan fingerprint density at radius 3 is 2.55 bits per heavy atom. The highest BCUT2D eigenvalue weighted by Gasteiger charge is 2.15. The van der Waals surface area contributed by atoms with Crippen LogP contribution in [-0.4, -0.2) is 41.3 Å². The number of aromatic carboxylic acids is 1. The summed E-state index contributed by atoms with van der Waals surface area (Å²) < 4.78 is 7.00. The lowest BCUT2D eigenvalue weighted by Gasteiger charge is -2.15. The Labute approximate surface area is 119 Å². The van der Waals surface area contributed by atoms with E-state index in [-0.39, 0.29) is 24.6 Å². The molecule has 0 aromatic carbocycles. The van der Waals surface area contributed by atoms with Crippen molar-refractivity contribution in [2.75, 3.05) is 6.61 Å². The fourth-order valence-electron chi connectivity index (χ4n) is 1.60. The lowest BCUT2D eigenvalue weighted by atomic mass is 10.2. The third kappa shape index (κ3) is 5.66. The molecule has 1 N–H and O–H groups in total. The molecule has 6 nitrogen and oxygen atoms in total. The number of carbonyl (C=O) groups excluding carboxylic acids is 1. The number of ether oxygens (including phenoxy) is 1. The second kappa shape index (κ2) is 6.80. The van der Waals surface area contributed by atoms with Gasteiger partial charge in [-0.15, -0.1) is 0 Å². The van der Waals surface area contributed by atoms with Gasteiger partial charge in [0.2, 0.25) is 0 Å². The molecule has 112 valence electrons. The van der Waals surface area contributed by atoms with E-state index in [1.165, 1.54) is 17.7 Å². The highest BCUT2D eigenvalue weighted by molar-refractivity contribution is 6.76. The zero-order valence-electron chi connectivity index (χ0n) is 12.5. The summed E-state index contributed by atoms with van der Waals surface area (Å²) in [4.78, 5) is 22.1. The molecule has 0 amide bonds. The van der Waals surface area contributed by atoms with Crippen LogP contribution in [0.25, 0.3) is 0 Å². The average Bonchev–Trinajstić information content (AvgIpc) is 2.66. The number of hydrogen-bond donors (Lipinski definition) is 1. The Kier molecular flexibility index (Phi) is 5.64. The van der Waals surface area contributed by atoms with Crippen LogP contribution < -0.4 is 0 Å². The molecule has 0 unspecified atom stereocenters. The van der Waals surface area contributed by atoms with Crippen LogP contribution >= 0.6 is 0 Å². The van der Waals surface area contributed by atoms with Gasteiger partial charge in [-0.2, -0.15) is 5.10 Å². The van der Waals surface area contributed by atoms with Crippen LogP contribution in [0.3, 0.4) is 0 Å². The zero-order chi connectivity index (χ0) is 15.3. The van der Waals surface area contributed by atoms with E-state index in [0.29, 0.717) is 12.3 Å². The molecular formula is C13H22N2O4Si. The summed E-state index contributed by atoms with van der Waals surface area (Å²) in [6.07, 6.45) is 0.164. The summed E-state index contributed by atoms with van der Waals surface area (Å²) in [5.41, 5.74) is 0.512. The van der Waals surface area contributed by atoms with Gasteiger partial charge in [0.05, 0.1) is 0 Å². The molecule has 1 rings (SSSR count). The number of Topliss-reactive ketones (excluding diaryl/α,β-unsaturated/α-hetero) is 1. The first-order valence-electron chi connectivity index (χ1n) is 6.56. The third-order valence-corrected chi connectivity index (χ3v) is 4.43. The third-order valence-electron chi connectivity index (χ3n) is 2.72. The first kappa shape index (κ1) is 16.6. The molecular weight excluding hydrogens is 276 g/mol. The maximum Gasteiger partial charge on any atom is 0.356 e. The van der Waals surface area contributed by atoms with E-state index in [0.717, 1.165) is 6.04 Å². The van der Waals surface area contributed by atoms with Crippen molar-refractivity contribution in [2.45, 2.75) is 45.8 Å². The Hall–Kier alpha value is -1.47. The molecule has 0 aliphatic heterocycles. The second-order valence-electron chi connectivity index (χ2n) is 6.05. The van der Waals surface area contributed by atoms with Gasteiger partial charge in [-0.05, 0) is 19.0 Å². The Bertz CT molecular complexity index is 491. The van der Waals surface area contributed by atoms with Crippen LogP contribution in [0.15, 0.2) is 6.07 Å². The van der Waals surface area contributed by atoms with Crippen molar-refractivity contribution in [3.8, 4) is 0 Å². The average molecular weight is 298 g/mol. The summed E-state index contributed by atoms with van der Waals surface area (Å²) in [7, 11) is -1.15. The fraction of sp³-hybridized carbons (Fsp3) is 0.615. The Morgan fingerprint density at radius 1 is 1.40 bits per heavy atom. The first-order chi connectivity index (χ1) is 9.19. The summed E-state index contributed by atoms with van der Waals surface area (Å²) >= 11 is 0. The van der Waals surface area contributed by atoms with Gasteiger partial charge in [-0.3, -0.25) is 4.79 Å². The van der Waals surface area contributed by atoms with E-state index in [9.17, 15) is 9.59 Å². The SMILES string of the molecule is CC(=O)Cc1cc(C(=O)O)nn1COCC[Si](C)(C)C. The monoisotopic (exact) mass is 298 g/mol. The predicted molar refractivity (Wildman–Crippen MR) is 77.7 cm³/mol. The van der Waals surface area contributed by atoms with Gasteiger partial charge in [0.25, 0.3) is 0 Å². The van der Waals surface area contributed by atoms with Crippen molar-refractivity contribution < 1.29 is 19.4 Å². The minimum atomic E-state index is -1.15. The molecule has 0 aliphatic rings. The minimum absolute atomic E-state index is 0.0369. The van der Waals surface area contributed by atoms with E-state index in [1.54, 1.807) is 0 Å². The largest absolute Gasteiger partial charge is 0.476 e. The number of rotatable bonds is 8. The van der Waals surface area contributed by atoms with E-state index >= 15 is 0 Å². The van der Waals surface area contributed by atoms with Crippen LogP contribution in [0.4, 0.5) is 0 Å². The molecule has 1 heterocycles. The molecule has 1 aromatic rings. The van der Waals surface area contributed by atoms with Crippen LogP contribution in [-0.2, 0) is 22.7 Å². The minimum Gasteiger partial charge on any atom is -0.476 e. The summed E-state index contributed by atoms with van der Waals surface area (Å²) in [5.74, 6) is -1.14. The number of carbonyl (C=O) groups is 2. The van der Waals surface area contributed by atoms with Crippen molar-refractivity contribution in [1.29, 1.82) is 0 Å². The maximum absolute atomic E-state index is 11.2. The smallest absolute Gasteiger partial charge is 0.356 e. The number of hydrogen-bond acceptors (Lipinski definition) is 4. The summed E-state index contributed by atoms with van der Waals surface area (Å²) in [6.45, 7) is 9.04. The maximum atomic E-state index is 11.2.